The van der Waals surface area contributed by atoms with Gasteiger partial charge in [0.1, 0.15) is 0 Å². The molecular formula is C15H12N3O2. The van der Waals surface area contributed by atoms with Gasteiger partial charge in [0.15, 0.2) is 0 Å². The van der Waals surface area contributed by atoms with Crippen LogP contribution in [0, 0.1) is 0 Å². The molecule has 1 radical (unpaired) electrons. The summed E-state index contributed by atoms with van der Waals surface area (Å²) in [6.45, 7) is 0.251. The van der Waals surface area contributed by atoms with Crippen LogP contribution < -0.4 is 5.32 Å². The minimum absolute atomic E-state index is 0.0976. The maximum Gasteiger partial charge on any atom is 0.255 e. The van der Waals surface area contributed by atoms with Gasteiger partial charge in [-0.2, -0.15) is 0 Å². The van der Waals surface area contributed by atoms with Crippen LogP contribution in [0.2, 0.25) is 0 Å². The van der Waals surface area contributed by atoms with Crippen molar-refractivity contribution in [3.05, 3.63) is 65.8 Å². The van der Waals surface area contributed by atoms with Crippen molar-refractivity contribution in [3.8, 4) is 0 Å². The Balaban J connectivity index is 2.03. The summed E-state index contributed by atoms with van der Waals surface area (Å²) in [6.07, 6.45) is 6.24. The molecule has 1 amide bonds. The fourth-order valence-electron chi connectivity index (χ4n) is 1.52. The second-order valence-corrected chi connectivity index (χ2v) is 3.92. The smallest absolute Gasteiger partial charge is 0.255 e. The lowest BCUT2D eigenvalue weighted by atomic mass is 10.2. The highest BCUT2D eigenvalue weighted by molar-refractivity contribution is 6.14. The van der Waals surface area contributed by atoms with Gasteiger partial charge in [-0.1, -0.05) is 12.1 Å². The molecule has 0 saturated heterocycles. The zero-order valence-corrected chi connectivity index (χ0v) is 10.6. The second kappa shape index (κ2) is 6.94. The lowest BCUT2D eigenvalue weighted by molar-refractivity contribution is -0.117. The third-order valence-corrected chi connectivity index (χ3v) is 2.49. The van der Waals surface area contributed by atoms with Gasteiger partial charge in [0.05, 0.1) is 23.5 Å². The number of nitrogens with zero attached hydrogens (tertiary/aromatic N) is 2. The lowest BCUT2D eigenvalue weighted by Gasteiger charge is -2.03. The standard InChI is InChI=1S/C15H12N3O2/c19-11-12(9-13-5-1-3-7-16-13)15(20)18-10-14-6-2-4-8-17-14/h1-9H,10H2,(H,18,20)/b12-9+. The molecule has 99 valence electrons. The highest BCUT2D eigenvalue weighted by Crippen LogP contribution is 2.02. The number of nitrogens with one attached hydrogen (secondary N) is 1. The highest BCUT2D eigenvalue weighted by atomic mass is 16.2. The minimum Gasteiger partial charge on any atom is -0.346 e. The summed E-state index contributed by atoms with van der Waals surface area (Å²) >= 11 is 0. The van der Waals surface area contributed by atoms with E-state index in [1.807, 2.05) is 6.07 Å². The Morgan fingerprint density at radius 2 is 1.90 bits per heavy atom. The van der Waals surface area contributed by atoms with Gasteiger partial charge in [-0.3, -0.25) is 19.6 Å². The Hall–Kier alpha value is -2.82. The van der Waals surface area contributed by atoms with Gasteiger partial charge in [0, 0.05) is 12.4 Å². The average molecular weight is 266 g/mol. The monoisotopic (exact) mass is 266 g/mol. The lowest BCUT2D eigenvalue weighted by Crippen LogP contribution is -2.25. The molecule has 0 spiro atoms. The normalized spacial score (nSPS) is 10.9. The summed E-state index contributed by atoms with van der Waals surface area (Å²) in [5.74, 6) is -0.503. The van der Waals surface area contributed by atoms with Gasteiger partial charge < -0.3 is 5.32 Å². The molecule has 5 nitrogen and oxygen atoms in total. The number of rotatable bonds is 5. The van der Waals surface area contributed by atoms with E-state index in [-0.39, 0.29) is 12.1 Å². The van der Waals surface area contributed by atoms with E-state index < -0.39 is 5.91 Å². The Labute approximate surface area is 116 Å². The van der Waals surface area contributed by atoms with E-state index in [0.29, 0.717) is 11.4 Å². The summed E-state index contributed by atoms with van der Waals surface area (Å²) in [5.41, 5.74) is 1.14. The van der Waals surface area contributed by atoms with Crippen molar-refractivity contribution in [2.75, 3.05) is 0 Å². The van der Waals surface area contributed by atoms with Crippen LogP contribution in [0.3, 0.4) is 0 Å². The van der Waals surface area contributed by atoms with Crippen LogP contribution in [0.5, 0.6) is 0 Å². The third kappa shape index (κ3) is 3.84. The number of carbonyl (C=O) groups is 1. The predicted molar refractivity (Wildman–Crippen MR) is 74.0 cm³/mol. The molecule has 2 heterocycles. The summed E-state index contributed by atoms with van der Waals surface area (Å²) in [7, 11) is 0. The van der Waals surface area contributed by atoms with E-state index in [1.54, 1.807) is 49.0 Å². The van der Waals surface area contributed by atoms with Gasteiger partial charge in [0.2, 0.25) is 6.29 Å². The van der Waals surface area contributed by atoms with Crippen molar-refractivity contribution >= 4 is 18.3 Å². The molecule has 5 heteroatoms. The van der Waals surface area contributed by atoms with Crippen LogP contribution in [-0.2, 0) is 16.1 Å². The molecule has 0 bridgehead atoms. The number of pyridine rings is 2. The maximum atomic E-state index is 11.9. The molecule has 0 unspecified atom stereocenters. The molecule has 0 atom stereocenters. The molecule has 0 aliphatic rings. The summed E-state index contributed by atoms with van der Waals surface area (Å²) in [6, 6.07) is 10.6. The number of amides is 1. The fraction of sp³-hybridized carbons (Fsp3) is 0.0667. The van der Waals surface area contributed by atoms with Gasteiger partial charge in [-0.05, 0) is 30.3 Å². The van der Waals surface area contributed by atoms with Gasteiger partial charge in [-0.15, -0.1) is 0 Å². The van der Waals surface area contributed by atoms with E-state index >= 15 is 0 Å². The number of aromatic nitrogens is 2. The minimum atomic E-state index is -0.503. The van der Waals surface area contributed by atoms with Crippen LogP contribution in [0.4, 0.5) is 0 Å². The van der Waals surface area contributed by atoms with Gasteiger partial charge in [0.25, 0.3) is 5.91 Å². The number of carbonyl (C=O) groups excluding carboxylic acids is 2. The second-order valence-electron chi connectivity index (χ2n) is 3.92. The van der Waals surface area contributed by atoms with Crippen LogP contribution in [0.15, 0.2) is 54.4 Å². The molecule has 0 aliphatic heterocycles. The SMILES string of the molecule is O=[C]/C(=C\c1ccccn1)C(=O)NCc1ccccn1. The maximum absolute atomic E-state index is 11.9. The number of hydrogen-bond donors (Lipinski definition) is 1. The van der Waals surface area contributed by atoms with E-state index in [1.165, 1.54) is 6.08 Å². The van der Waals surface area contributed by atoms with E-state index in [0.717, 1.165) is 0 Å². The largest absolute Gasteiger partial charge is 0.346 e. The summed E-state index contributed by atoms with van der Waals surface area (Å²) in [4.78, 5) is 30.8. The van der Waals surface area contributed by atoms with Crippen LogP contribution in [0.1, 0.15) is 11.4 Å². The van der Waals surface area contributed by atoms with Crippen molar-refractivity contribution in [3.63, 3.8) is 0 Å². The van der Waals surface area contributed by atoms with E-state index in [9.17, 15) is 9.59 Å². The molecule has 0 aliphatic carbocycles. The molecular weight excluding hydrogens is 254 g/mol. The zero-order chi connectivity index (χ0) is 14.2. The Bertz CT molecular complexity index is 610. The molecule has 20 heavy (non-hydrogen) atoms. The Kier molecular flexibility index (Phi) is 4.72. The molecule has 1 N–H and O–H groups in total. The van der Waals surface area contributed by atoms with Crippen LogP contribution >= 0.6 is 0 Å². The molecule has 2 rings (SSSR count). The first kappa shape index (κ1) is 13.6. The molecule has 0 saturated carbocycles. The molecule has 0 aromatic carbocycles. The predicted octanol–water partition coefficient (Wildman–Crippen LogP) is 1.29. The first-order chi connectivity index (χ1) is 9.79. The average Bonchev–Trinajstić information content (AvgIpc) is 2.52. The van der Waals surface area contributed by atoms with Crippen LogP contribution in [0.25, 0.3) is 6.08 Å². The Morgan fingerprint density at radius 3 is 2.50 bits per heavy atom. The van der Waals surface area contributed by atoms with Crippen LogP contribution in [-0.4, -0.2) is 22.2 Å². The molecule has 2 aromatic heterocycles. The topological polar surface area (TPSA) is 72.0 Å². The summed E-state index contributed by atoms with van der Waals surface area (Å²) < 4.78 is 0. The Morgan fingerprint density at radius 1 is 1.15 bits per heavy atom. The quantitative estimate of drug-likeness (QED) is 0.503. The first-order valence-electron chi connectivity index (χ1n) is 5.98. The highest BCUT2D eigenvalue weighted by Gasteiger charge is 2.09. The third-order valence-electron chi connectivity index (χ3n) is 2.49. The summed E-state index contributed by atoms with van der Waals surface area (Å²) in [5, 5.41) is 2.61. The van der Waals surface area contributed by atoms with Crippen molar-refractivity contribution in [2.24, 2.45) is 0 Å². The number of hydrogen-bond acceptors (Lipinski definition) is 4. The van der Waals surface area contributed by atoms with Crippen molar-refractivity contribution < 1.29 is 9.59 Å². The first-order valence-corrected chi connectivity index (χ1v) is 5.98. The van der Waals surface area contributed by atoms with Gasteiger partial charge >= 0.3 is 0 Å². The molecule has 0 fully saturated rings. The van der Waals surface area contributed by atoms with E-state index in [2.05, 4.69) is 15.3 Å². The molecule has 2 aromatic rings. The van der Waals surface area contributed by atoms with Gasteiger partial charge in [-0.25, -0.2) is 0 Å². The van der Waals surface area contributed by atoms with Crippen molar-refractivity contribution in [1.29, 1.82) is 0 Å². The van der Waals surface area contributed by atoms with Crippen molar-refractivity contribution in [1.82, 2.24) is 15.3 Å². The zero-order valence-electron chi connectivity index (χ0n) is 10.6. The van der Waals surface area contributed by atoms with E-state index in [4.69, 9.17) is 0 Å². The fourth-order valence-corrected chi connectivity index (χ4v) is 1.52. The van der Waals surface area contributed by atoms with Crippen molar-refractivity contribution in [2.45, 2.75) is 6.54 Å².